The van der Waals surface area contributed by atoms with Gasteiger partial charge in [-0.3, -0.25) is 0 Å². The van der Waals surface area contributed by atoms with Gasteiger partial charge >= 0.3 is 0 Å². The van der Waals surface area contributed by atoms with E-state index in [1.807, 2.05) is 0 Å². The lowest BCUT2D eigenvalue weighted by atomic mass is 9.81. The quantitative estimate of drug-likeness (QED) is 0.610. The third kappa shape index (κ3) is 2.41. The molecule has 1 aliphatic rings. The summed E-state index contributed by atoms with van der Waals surface area (Å²) in [6.45, 7) is 2.38. The van der Waals surface area contributed by atoms with E-state index >= 15 is 0 Å². The Bertz CT molecular complexity index is 820. The second-order valence-corrected chi connectivity index (χ2v) is 6.63. The summed E-state index contributed by atoms with van der Waals surface area (Å²) in [6, 6.07) is 28.4. The van der Waals surface area contributed by atoms with Crippen molar-refractivity contribution >= 4 is 0 Å². The molecule has 0 radical (unpaired) electrons. The topological polar surface area (TPSA) is 9.23 Å². The molecule has 0 saturated heterocycles. The summed E-state index contributed by atoms with van der Waals surface area (Å²) in [5.74, 6) is 2.32. The molecule has 0 saturated carbocycles. The zero-order valence-electron chi connectivity index (χ0n) is 14.1. The van der Waals surface area contributed by atoms with E-state index in [0.29, 0.717) is 17.8 Å². The van der Waals surface area contributed by atoms with Crippen LogP contribution in [0.1, 0.15) is 41.0 Å². The highest BCUT2D eigenvalue weighted by atomic mass is 16.5. The molecule has 3 atom stereocenters. The van der Waals surface area contributed by atoms with E-state index in [0.717, 1.165) is 5.75 Å². The molecule has 4 rings (SSSR count). The lowest BCUT2D eigenvalue weighted by molar-refractivity contribution is 0.414. The van der Waals surface area contributed by atoms with Gasteiger partial charge in [-0.1, -0.05) is 73.7 Å². The van der Waals surface area contributed by atoms with Gasteiger partial charge in [-0.25, -0.2) is 0 Å². The van der Waals surface area contributed by atoms with E-state index in [4.69, 9.17) is 4.74 Å². The molecule has 24 heavy (non-hydrogen) atoms. The number of hydrogen-bond acceptors (Lipinski definition) is 1. The highest BCUT2D eigenvalue weighted by molar-refractivity contribution is 5.50. The van der Waals surface area contributed by atoms with E-state index < -0.39 is 0 Å². The van der Waals surface area contributed by atoms with Crippen LogP contribution in [0, 0.1) is 5.92 Å². The summed E-state index contributed by atoms with van der Waals surface area (Å²) in [6.07, 6.45) is 0. The van der Waals surface area contributed by atoms with Crippen LogP contribution in [0.5, 0.6) is 5.75 Å². The average molecular weight is 314 g/mol. The molecule has 0 fully saturated rings. The van der Waals surface area contributed by atoms with Crippen molar-refractivity contribution in [3.63, 3.8) is 0 Å². The Balaban J connectivity index is 1.81. The van der Waals surface area contributed by atoms with Crippen molar-refractivity contribution in [2.45, 2.75) is 18.8 Å². The molecule has 0 heterocycles. The maximum absolute atomic E-state index is 5.32. The van der Waals surface area contributed by atoms with Gasteiger partial charge in [-0.15, -0.1) is 0 Å². The van der Waals surface area contributed by atoms with Crippen molar-refractivity contribution in [3.8, 4) is 5.75 Å². The molecule has 1 aliphatic carbocycles. The van der Waals surface area contributed by atoms with E-state index in [-0.39, 0.29) is 0 Å². The lowest BCUT2D eigenvalue weighted by Crippen LogP contribution is -2.11. The predicted octanol–water partition coefficient (Wildman–Crippen LogP) is 5.61. The number of methoxy groups -OCH3 is 1. The average Bonchev–Trinajstić information content (AvgIpc) is 2.94. The fourth-order valence-electron chi connectivity index (χ4n) is 4.27. The summed E-state index contributed by atoms with van der Waals surface area (Å²) < 4.78 is 5.32. The Kier molecular flexibility index (Phi) is 3.86. The summed E-state index contributed by atoms with van der Waals surface area (Å²) >= 11 is 0. The first-order chi connectivity index (χ1) is 11.8. The minimum absolute atomic E-state index is 0.428. The number of hydrogen-bond donors (Lipinski definition) is 0. The first-order valence-corrected chi connectivity index (χ1v) is 8.57. The maximum Gasteiger partial charge on any atom is 0.118 e. The van der Waals surface area contributed by atoms with Gasteiger partial charge in [0.15, 0.2) is 0 Å². The van der Waals surface area contributed by atoms with Crippen LogP contribution in [-0.2, 0) is 0 Å². The minimum atomic E-state index is 0.428. The zero-order valence-corrected chi connectivity index (χ0v) is 14.1. The number of fused-ring (bicyclic) bond motifs is 1. The number of rotatable bonds is 3. The van der Waals surface area contributed by atoms with Crippen LogP contribution >= 0.6 is 0 Å². The molecule has 3 aromatic rings. The third-order valence-corrected chi connectivity index (χ3v) is 5.35. The SMILES string of the molecule is COc1ccc(C2c3ccccc3C(c3ccccc3)C2C)cc1. The van der Waals surface area contributed by atoms with Gasteiger partial charge in [-0.2, -0.15) is 0 Å². The molecule has 0 aliphatic heterocycles. The molecule has 1 nitrogen and oxygen atoms in total. The van der Waals surface area contributed by atoms with Gasteiger partial charge < -0.3 is 4.74 Å². The van der Waals surface area contributed by atoms with E-state index in [9.17, 15) is 0 Å². The molecule has 120 valence electrons. The number of benzene rings is 3. The molecule has 1 heteroatoms. The van der Waals surface area contributed by atoms with Crippen molar-refractivity contribution in [1.29, 1.82) is 0 Å². The smallest absolute Gasteiger partial charge is 0.118 e. The van der Waals surface area contributed by atoms with Gasteiger partial charge in [-0.05, 0) is 40.3 Å². The van der Waals surface area contributed by atoms with Gasteiger partial charge in [0.1, 0.15) is 5.75 Å². The van der Waals surface area contributed by atoms with Crippen LogP contribution < -0.4 is 4.74 Å². The van der Waals surface area contributed by atoms with Gasteiger partial charge in [0.2, 0.25) is 0 Å². The van der Waals surface area contributed by atoms with Crippen LogP contribution in [0.4, 0.5) is 0 Å². The van der Waals surface area contributed by atoms with Crippen LogP contribution in [-0.4, -0.2) is 7.11 Å². The number of ether oxygens (including phenoxy) is 1. The Morgan fingerprint density at radius 1 is 0.625 bits per heavy atom. The van der Waals surface area contributed by atoms with Crippen molar-refractivity contribution < 1.29 is 4.74 Å². The summed E-state index contributed by atoms with van der Waals surface area (Å²) in [7, 11) is 1.72. The summed E-state index contributed by atoms with van der Waals surface area (Å²) in [4.78, 5) is 0. The first-order valence-electron chi connectivity index (χ1n) is 8.57. The Morgan fingerprint density at radius 2 is 1.12 bits per heavy atom. The standard InChI is InChI=1S/C23H22O/c1-16-22(17-8-4-3-5-9-17)20-10-6-7-11-21(20)23(16)18-12-14-19(24-2)15-13-18/h3-16,22-23H,1-2H3. The minimum Gasteiger partial charge on any atom is -0.497 e. The third-order valence-electron chi connectivity index (χ3n) is 5.35. The molecule has 3 unspecified atom stereocenters. The first kappa shape index (κ1) is 15.0. The van der Waals surface area contributed by atoms with Crippen LogP contribution in [0.15, 0.2) is 78.9 Å². The summed E-state index contributed by atoms with van der Waals surface area (Å²) in [5.41, 5.74) is 5.71. The summed E-state index contributed by atoms with van der Waals surface area (Å²) in [5, 5.41) is 0. The van der Waals surface area contributed by atoms with Gasteiger partial charge in [0.25, 0.3) is 0 Å². The van der Waals surface area contributed by atoms with Crippen LogP contribution in [0.2, 0.25) is 0 Å². The van der Waals surface area contributed by atoms with Crippen LogP contribution in [0.25, 0.3) is 0 Å². The Labute approximate surface area is 143 Å². The Morgan fingerprint density at radius 3 is 1.67 bits per heavy atom. The molecule has 0 aromatic heterocycles. The normalized spacial score (nSPS) is 22.2. The predicted molar refractivity (Wildman–Crippen MR) is 98.7 cm³/mol. The largest absolute Gasteiger partial charge is 0.497 e. The second kappa shape index (κ2) is 6.16. The Hall–Kier alpha value is -2.54. The van der Waals surface area contributed by atoms with Gasteiger partial charge in [0, 0.05) is 11.8 Å². The fraction of sp³-hybridized carbons (Fsp3) is 0.217. The van der Waals surface area contributed by atoms with E-state index in [2.05, 4.69) is 85.8 Å². The second-order valence-electron chi connectivity index (χ2n) is 6.63. The molecule has 0 amide bonds. The molecular formula is C23H22O. The molecule has 0 N–H and O–H groups in total. The highest BCUT2D eigenvalue weighted by Crippen LogP contribution is 2.52. The highest BCUT2D eigenvalue weighted by Gasteiger charge is 2.39. The lowest BCUT2D eigenvalue weighted by Gasteiger charge is -2.22. The van der Waals surface area contributed by atoms with Crippen LogP contribution in [0.3, 0.4) is 0 Å². The van der Waals surface area contributed by atoms with E-state index in [1.165, 1.54) is 22.3 Å². The molecule has 0 spiro atoms. The molecule has 3 aromatic carbocycles. The van der Waals surface area contributed by atoms with Crippen molar-refractivity contribution in [2.75, 3.05) is 7.11 Å². The van der Waals surface area contributed by atoms with Crippen molar-refractivity contribution in [3.05, 3.63) is 101 Å². The molecular weight excluding hydrogens is 292 g/mol. The van der Waals surface area contributed by atoms with Crippen molar-refractivity contribution in [1.82, 2.24) is 0 Å². The van der Waals surface area contributed by atoms with E-state index in [1.54, 1.807) is 7.11 Å². The monoisotopic (exact) mass is 314 g/mol. The zero-order chi connectivity index (χ0) is 16.5. The molecule has 0 bridgehead atoms. The van der Waals surface area contributed by atoms with Gasteiger partial charge in [0.05, 0.1) is 7.11 Å². The maximum atomic E-state index is 5.32. The fourth-order valence-corrected chi connectivity index (χ4v) is 4.27. The van der Waals surface area contributed by atoms with Crippen molar-refractivity contribution in [2.24, 2.45) is 5.92 Å².